The topological polar surface area (TPSA) is 51.9 Å². The van der Waals surface area contributed by atoms with Gasteiger partial charge in [0.2, 0.25) is 0 Å². The molecule has 0 bridgehead atoms. The molecule has 0 spiro atoms. The van der Waals surface area contributed by atoms with Crippen LogP contribution in [0.15, 0.2) is 22.8 Å². The van der Waals surface area contributed by atoms with E-state index in [1.165, 1.54) is 0 Å². The lowest BCUT2D eigenvalue weighted by Crippen LogP contribution is -2.42. The van der Waals surface area contributed by atoms with Crippen LogP contribution >= 0.6 is 0 Å². The van der Waals surface area contributed by atoms with Crippen molar-refractivity contribution in [3.63, 3.8) is 0 Å². The van der Waals surface area contributed by atoms with Crippen LogP contribution in [-0.4, -0.2) is 36.3 Å². The minimum absolute atomic E-state index is 0.0288. The Balaban J connectivity index is 1.70. The summed E-state index contributed by atoms with van der Waals surface area (Å²) >= 11 is 0. The molecule has 2 heterocycles. The largest absolute Gasteiger partial charge is 0.467 e. The Bertz CT molecular complexity index is 456. The lowest BCUT2D eigenvalue weighted by atomic mass is 9.98. The van der Waals surface area contributed by atoms with Gasteiger partial charge in [0.1, 0.15) is 17.5 Å². The first-order chi connectivity index (χ1) is 10.3. The van der Waals surface area contributed by atoms with Crippen LogP contribution in [0.1, 0.15) is 52.4 Å². The van der Waals surface area contributed by atoms with Crippen LogP contribution in [0.3, 0.4) is 0 Å². The summed E-state index contributed by atoms with van der Waals surface area (Å²) in [7, 11) is 0. The van der Waals surface area contributed by atoms with E-state index in [9.17, 15) is 4.79 Å². The monoisotopic (exact) mass is 309 g/mol. The SMILES string of the molecule is C[C@H](OCC1CCN(C(=O)OC(C)(C)C)CC1)c1ccco1. The maximum Gasteiger partial charge on any atom is 0.410 e. The summed E-state index contributed by atoms with van der Waals surface area (Å²) in [6.45, 7) is 9.83. The van der Waals surface area contributed by atoms with E-state index in [0.717, 1.165) is 31.7 Å². The third-order valence-electron chi connectivity index (χ3n) is 3.79. The van der Waals surface area contributed by atoms with Crippen molar-refractivity contribution in [1.82, 2.24) is 4.90 Å². The van der Waals surface area contributed by atoms with Crippen LogP contribution in [0, 0.1) is 5.92 Å². The number of hydrogen-bond donors (Lipinski definition) is 0. The number of rotatable bonds is 4. The molecule has 1 saturated heterocycles. The summed E-state index contributed by atoms with van der Waals surface area (Å²) in [6.07, 6.45) is 3.32. The van der Waals surface area contributed by atoms with E-state index in [1.807, 2.05) is 39.8 Å². The second-order valence-electron chi connectivity index (χ2n) is 6.90. The molecule has 1 fully saturated rings. The highest BCUT2D eigenvalue weighted by Crippen LogP contribution is 2.23. The second kappa shape index (κ2) is 7.18. The summed E-state index contributed by atoms with van der Waals surface area (Å²) in [5, 5.41) is 0. The van der Waals surface area contributed by atoms with E-state index in [4.69, 9.17) is 13.9 Å². The zero-order valence-corrected chi connectivity index (χ0v) is 14.0. The first kappa shape index (κ1) is 16.9. The van der Waals surface area contributed by atoms with E-state index in [2.05, 4.69) is 0 Å². The molecule has 0 N–H and O–H groups in total. The van der Waals surface area contributed by atoms with Crippen molar-refractivity contribution < 1.29 is 18.7 Å². The molecule has 1 aliphatic heterocycles. The zero-order chi connectivity index (χ0) is 16.2. The summed E-state index contributed by atoms with van der Waals surface area (Å²) in [5.74, 6) is 1.34. The third-order valence-corrected chi connectivity index (χ3v) is 3.79. The van der Waals surface area contributed by atoms with Crippen molar-refractivity contribution in [3.05, 3.63) is 24.2 Å². The summed E-state index contributed by atoms with van der Waals surface area (Å²) in [6, 6.07) is 3.80. The molecule has 1 aromatic heterocycles. The van der Waals surface area contributed by atoms with Crippen LogP contribution in [0.25, 0.3) is 0 Å². The highest BCUT2D eigenvalue weighted by atomic mass is 16.6. The Morgan fingerprint density at radius 2 is 2.09 bits per heavy atom. The number of carbonyl (C=O) groups excluding carboxylic acids is 1. The smallest absolute Gasteiger partial charge is 0.410 e. The Kier molecular flexibility index (Phi) is 5.51. The zero-order valence-electron chi connectivity index (χ0n) is 14.0. The third kappa shape index (κ3) is 5.05. The molecule has 22 heavy (non-hydrogen) atoms. The predicted molar refractivity (Wildman–Crippen MR) is 83.6 cm³/mol. The number of ether oxygens (including phenoxy) is 2. The normalized spacial score (nSPS) is 18.3. The number of amides is 1. The Morgan fingerprint density at radius 1 is 1.41 bits per heavy atom. The van der Waals surface area contributed by atoms with Crippen molar-refractivity contribution in [2.75, 3.05) is 19.7 Å². The van der Waals surface area contributed by atoms with E-state index in [0.29, 0.717) is 12.5 Å². The van der Waals surface area contributed by atoms with Crippen molar-refractivity contribution in [1.29, 1.82) is 0 Å². The van der Waals surface area contributed by atoms with Crippen molar-refractivity contribution in [2.24, 2.45) is 5.92 Å². The molecule has 0 radical (unpaired) electrons. The number of likely N-dealkylation sites (tertiary alicyclic amines) is 1. The number of carbonyl (C=O) groups is 1. The van der Waals surface area contributed by atoms with Crippen molar-refractivity contribution in [2.45, 2.75) is 52.2 Å². The Morgan fingerprint density at radius 3 is 2.64 bits per heavy atom. The highest BCUT2D eigenvalue weighted by molar-refractivity contribution is 5.68. The fraction of sp³-hybridized carbons (Fsp3) is 0.706. The summed E-state index contributed by atoms with van der Waals surface area (Å²) in [4.78, 5) is 13.8. The minimum Gasteiger partial charge on any atom is -0.467 e. The Labute approximate surface area is 132 Å². The van der Waals surface area contributed by atoms with Gasteiger partial charge in [-0.3, -0.25) is 0 Å². The average molecular weight is 309 g/mol. The average Bonchev–Trinajstić information content (AvgIpc) is 2.97. The van der Waals surface area contributed by atoms with Gasteiger partial charge < -0.3 is 18.8 Å². The molecule has 1 aromatic rings. The minimum atomic E-state index is -0.435. The van der Waals surface area contributed by atoms with E-state index >= 15 is 0 Å². The van der Waals surface area contributed by atoms with Crippen LogP contribution < -0.4 is 0 Å². The molecule has 2 rings (SSSR count). The van der Waals surface area contributed by atoms with Gasteiger partial charge in [-0.1, -0.05) is 0 Å². The first-order valence-corrected chi connectivity index (χ1v) is 7.98. The molecular weight excluding hydrogens is 282 g/mol. The molecule has 0 unspecified atom stereocenters. The molecule has 0 saturated carbocycles. The molecule has 124 valence electrons. The maximum atomic E-state index is 12.0. The maximum absolute atomic E-state index is 12.0. The van der Waals surface area contributed by atoms with Gasteiger partial charge in [0.05, 0.1) is 12.9 Å². The number of nitrogens with zero attached hydrogens (tertiary/aromatic N) is 1. The molecule has 5 heteroatoms. The van der Waals surface area contributed by atoms with E-state index in [1.54, 1.807) is 11.2 Å². The molecule has 1 aliphatic rings. The fourth-order valence-corrected chi connectivity index (χ4v) is 2.49. The van der Waals surface area contributed by atoms with Gasteiger partial charge in [-0.15, -0.1) is 0 Å². The van der Waals surface area contributed by atoms with Crippen LogP contribution in [0.4, 0.5) is 4.79 Å². The van der Waals surface area contributed by atoms with E-state index < -0.39 is 5.60 Å². The van der Waals surface area contributed by atoms with Gasteiger partial charge in [-0.05, 0) is 58.6 Å². The lowest BCUT2D eigenvalue weighted by molar-refractivity contribution is -0.00300. The first-order valence-electron chi connectivity index (χ1n) is 7.98. The standard InChI is InChI=1S/C17H27NO4/c1-13(15-6-5-11-20-15)21-12-14-7-9-18(10-8-14)16(19)22-17(2,3)4/h5-6,11,13-14H,7-10,12H2,1-4H3/t13-/m0/s1. The molecule has 1 atom stereocenters. The van der Waals surface area contributed by atoms with Crippen molar-refractivity contribution in [3.8, 4) is 0 Å². The second-order valence-corrected chi connectivity index (χ2v) is 6.90. The quantitative estimate of drug-likeness (QED) is 0.843. The van der Waals surface area contributed by atoms with Gasteiger partial charge >= 0.3 is 6.09 Å². The molecule has 0 aliphatic carbocycles. The Hall–Kier alpha value is -1.49. The number of hydrogen-bond acceptors (Lipinski definition) is 4. The fourth-order valence-electron chi connectivity index (χ4n) is 2.49. The van der Waals surface area contributed by atoms with Crippen LogP contribution in [0.2, 0.25) is 0 Å². The van der Waals surface area contributed by atoms with Gasteiger partial charge in [0, 0.05) is 13.1 Å². The summed E-state index contributed by atoms with van der Waals surface area (Å²) < 4.78 is 16.6. The molecule has 1 amide bonds. The number of furan rings is 1. The molecule has 0 aromatic carbocycles. The predicted octanol–water partition coefficient (Wildman–Crippen LogP) is 4.00. The molecule has 5 nitrogen and oxygen atoms in total. The highest BCUT2D eigenvalue weighted by Gasteiger charge is 2.27. The van der Waals surface area contributed by atoms with Gasteiger partial charge in [-0.25, -0.2) is 4.79 Å². The van der Waals surface area contributed by atoms with Gasteiger partial charge in [0.15, 0.2) is 0 Å². The van der Waals surface area contributed by atoms with Crippen molar-refractivity contribution >= 4 is 6.09 Å². The van der Waals surface area contributed by atoms with Gasteiger partial charge in [-0.2, -0.15) is 0 Å². The number of piperidine rings is 1. The van der Waals surface area contributed by atoms with Gasteiger partial charge in [0.25, 0.3) is 0 Å². The van der Waals surface area contributed by atoms with Crippen LogP contribution in [-0.2, 0) is 9.47 Å². The van der Waals surface area contributed by atoms with E-state index in [-0.39, 0.29) is 12.2 Å². The molecular formula is C17H27NO4. The lowest BCUT2D eigenvalue weighted by Gasteiger charge is -2.33. The summed E-state index contributed by atoms with van der Waals surface area (Å²) in [5.41, 5.74) is -0.435. The van der Waals surface area contributed by atoms with Crippen LogP contribution in [0.5, 0.6) is 0 Å².